The molecule has 4 nitrogen and oxygen atoms in total. The number of methoxy groups -OCH3 is 1. The Labute approximate surface area is 119 Å². The molecule has 0 radical (unpaired) electrons. The summed E-state index contributed by atoms with van der Waals surface area (Å²) in [5, 5.41) is 10.3. The van der Waals surface area contributed by atoms with Crippen molar-refractivity contribution in [3.05, 3.63) is 29.8 Å². The highest BCUT2D eigenvalue weighted by atomic mass is 16.5. The Morgan fingerprint density at radius 2 is 2.15 bits per heavy atom. The van der Waals surface area contributed by atoms with E-state index in [0.717, 1.165) is 25.7 Å². The van der Waals surface area contributed by atoms with Crippen LogP contribution in [0.2, 0.25) is 0 Å². The Balaban J connectivity index is 1.89. The molecule has 0 bridgehead atoms. The fraction of sp³-hybridized carbons (Fsp3) is 0.562. The Morgan fingerprint density at radius 3 is 2.85 bits per heavy atom. The number of aliphatic hydroxyl groups is 1. The van der Waals surface area contributed by atoms with Gasteiger partial charge in [0.1, 0.15) is 5.75 Å². The Hall–Kier alpha value is -1.55. The quantitative estimate of drug-likeness (QED) is 0.900. The van der Waals surface area contributed by atoms with Gasteiger partial charge in [0, 0.05) is 12.1 Å². The number of ether oxygens (including phenoxy) is 1. The molecule has 108 valence electrons. The van der Waals surface area contributed by atoms with Crippen LogP contribution in [0, 0.1) is 0 Å². The number of hydrogen-bond donors (Lipinski definition) is 1. The number of nitrogens with zero attached hydrogens (tertiary/aromatic N) is 1. The minimum absolute atomic E-state index is 0.0161. The molecule has 1 aromatic carbocycles. The van der Waals surface area contributed by atoms with Crippen molar-refractivity contribution in [2.24, 2.45) is 0 Å². The lowest BCUT2D eigenvalue weighted by Crippen LogP contribution is -2.50. The molecule has 1 aliphatic heterocycles. The van der Waals surface area contributed by atoms with E-state index in [4.69, 9.17) is 4.74 Å². The number of carbonyl (C=O) groups is 1. The van der Waals surface area contributed by atoms with Crippen molar-refractivity contribution in [2.75, 3.05) is 13.7 Å². The van der Waals surface area contributed by atoms with Crippen LogP contribution in [0.4, 0.5) is 0 Å². The van der Waals surface area contributed by atoms with Crippen LogP contribution in [-0.2, 0) is 0 Å². The number of rotatable bonds is 2. The maximum absolute atomic E-state index is 12.8. The summed E-state index contributed by atoms with van der Waals surface area (Å²) in [6, 6.07) is 7.26. The van der Waals surface area contributed by atoms with Gasteiger partial charge >= 0.3 is 0 Å². The lowest BCUT2D eigenvalue weighted by molar-refractivity contribution is 0.0260. The smallest absolute Gasteiger partial charge is 0.254 e. The first-order chi connectivity index (χ1) is 9.67. The van der Waals surface area contributed by atoms with Crippen molar-refractivity contribution >= 4 is 5.91 Å². The molecular formula is C16H21NO3. The number of hydrogen-bond acceptors (Lipinski definition) is 3. The average molecular weight is 275 g/mol. The third-order valence-electron chi connectivity index (χ3n) is 4.82. The molecule has 4 heteroatoms. The molecule has 2 fully saturated rings. The summed E-state index contributed by atoms with van der Waals surface area (Å²) in [5.74, 6) is 0.707. The zero-order valence-corrected chi connectivity index (χ0v) is 11.8. The lowest BCUT2D eigenvalue weighted by atomic mass is 9.91. The summed E-state index contributed by atoms with van der Waals surface area (Å²) >= 11 is 0. The maximum atomic E-state index is 12.8. The molecule has 3 rings (SSSR count). The largest absolute Gasteiger partial charge is 0.497 e. The van der Waals surface area contributed by atoms with E-state index in [0.29, 0.717) is 24.3 Å². The van der Waals surface area contributed by atoms with Crippen LogP contribution in [0.15, 0.2) is 24.3 Å². The zero-order chi connectivity index (χ0) is 14.2. The first-order valence-electron chi connectivity index (χ1n) is 7.31. The van der Waals surface area contributed by atoms with E-state index in [2.05, 4.69) is 0 Å². The van der Waals surface area contributed by atoms with Gasteiger partial charge in [-0.1, -0.05) is 18.9 Å². The van der Waals surface area contributed by atoms with Gasteiger partial charge in [0.2, 0.25) is 0 Å². The summed E-state index contributed by atoms with van der Waals surface area (Å²) in [7, 11) is 1.60. The summed E-state index contributed by atoms with van der Waals surface area (Å²) in [6.45, 7) is 0.650. The minimum Gasteiger partial charge on any atom is -0.497 e. The third kappa shape index (κ3) is 1.99. The van der Waals surface area contributed by atoms with E-state index in [-0.39, 0.29) is 17.6 Å². The molecule has 1 aromatic rings. The highest BCUT2D eigenvalue weighted by Crippen LogP contribution is 2.44. The first kappa shape index (κ1) is 13.4. The maximum Gasteiger partial charge on any atom is 0.254 e. The van der Waals surface area contributed by atoms with Crippen LogP contribution < -0.4 is 4.74 Å². The van der Waals surface area contributed by atoms with E-state index in [1.165, 1.54) is 0 Å². The van der Waals surface area contributed by atoms with Crippen molar-refractivity contribution in [2.45, 2.75) is 43.7 Å². The Bertz CT molecular complexity index is 508. The van der Waals surface area contributed by atoms with Crippen molar-refractivity contribution in [1.29, 1.82) is 0 Å². The van der Waals surface area contributed by atoms with E-state index in [9.17, 15) is 9.90 Å². The van der Waals surface area contributed by atoms with Gasteiger partial charge in [-0.15, -0.1) is 0 Å². The van der Waals surface area contributed by atoms with Gasteiger partial charge in [-0.05, 0) is 37.5 Å². The number of likely N-dealkylation sites (tertiary alicyclic amines) is 1. The summed E-state index contributed by atoms with van der Waals surface area (Å²) in [5.41, 5.74) is 0.324. The predicted octanol–water partition coefficient (Wildman–Crippen LogP) is 2.21. The summed E-state index contributed by atoms with van der Waals surface area (Å²) in [6.07, 6.45) is 4.35. The normalized spacial score (nSPS) is 24.3. The van der Waals surface area contributed by atoms with Gasteiger partial charge in [-0.3, -0.25) is 4.79 Å². The van der Waals surface area contributed by atoms with E-state index < -0.39 is 0 Å². The molecule has 1 N–H and O–H groups in total. The average Bonchev–Trinajstić information content (AvgIpc) is 3.09. The van der Waals surface area contributed by atoms with Crippen LogP contribution in [0.5, 0.6) is 5.75 Å². The molecule has 0 aromatic heterocycles. The second kappa shape index (κ2) is 5.09. The van der Waals surface area contributed by atoms with Gasteiger partial charge in [0.25, 0.3) is 5.91 Å². The molecule has 1 spiro atoms. The molecule has 1 atom stereocenters. The topological polar surface area (TPSA) is 49.8 Å². The lowest BCUT2D eigenvalue weighted by Gasteiger charge is -2.37. The van der Waals surface area contributed by atoms with Crippen molar-refractivity contribution < 1.29 is 14.6 Å². The Kier molecular flexibility index (Phi) is 3.42. The number of carbonyl (C=O) groups excluding carboxylic acids is 1. The van der Waals surface area contributed by atoms with Crippen molar-refractivity contribution in [3.63, 3.8) is 0 Å². The fourth-order valence-corrected chi connectivity index (χ4v) is 3.73. The van der Waals surface area contributed by atoms with Gasteiger partial charge in [0.15, 0.2) is 0 Å². The monoisotopic (exact) mass is 275 g/mol. The number of amides is 1. The van der Waals surface area contributed by atoms with E-state index in [1.54, 1.807) is 13.2 Å². The number of aliphatic hydroxyl groups excluding tert-OH is 1. The SMILES string of the molecule is COc1cccc(C(=O)N2CC[C@H](O)C23CCCC3)c1. The van der Waals surface area contributed by atoms with Crippen LogP contribution in [0.25, 0.3) is 0 Å². The number of benzene rings is 1. The second-order valence-corrected chi connectivity index (χ2v) is 5.80. The Morgan fingerprint density at radius 1 is 1.40 bits per heavy atom. The fourth-order valence-electron chi connectivity index (χ4n) is 3.73. The standard InChI is InChI=1S/C16H21NO3/c1-20-13-6-4-5-12(11-13)15(19)17-10-7-14(18)16(17)8-2-3-9-16/h4-6,11,14,18H,2-3,7-10H2,1H3/t14-/m0/s1. The van der Waals surface area contributed by atoms with Crippen LogP contribution >= 0.6 is 0 Å². The predicted molar refractivity (Wildman–Crippen MR) is 75.9 cm³/mol. The third-order valence-corrected chi connectivity index (χ3v) is 4.82. The highest BCUT2D eigenvalue weighted by molar-refractivity contribution is 5.95. The van der Waals surface area contributed by atoms with Gasteiger partial charge in [0.05, 0.1) is 18.8 Å². The summed E-state index contributed by atoms with van der Waals surface area (Å²) < 4.78 is 5.19. The molecule has 1 amide bonds. The summed E-state index contributed by atoms with van der Waals surface area (Å²) in [4.78, 5) is 14.7. The molecule has 20 heavy (non-hydrogen) atoms. The van der Waals surface area contributed by atoms with Crippen LogP contribution in [-0.4, -0.2) is 41.2 Å². The molecule has 1 aliphatic carbocycles. The first-order valence-corrected chi connectivity index (χ1v) is 7.31. The molecule has 1 heterocycles. The highest BCUT2D eigenvalue weighted by Gasteiger charge is 2.51. The minimum atomic E-state index is -0.375. The molecule has 0 unspecified atom stereocenters. The van der Waals surface area contributed by atoms with Gasteiger partial charge in [-0.25, -0.2) is 0 Å². The van der Waals surface area contributed by atoms with E-state index in [1.807, 2.05) is 23.1 Å². The molecule has 1 saturated heterocycles. The van der Waals surface area contributed by atoms with E-state index >= 15 is 0 Å². The van der Waals surface area contributed by atoms with Gasteiger partial charge in [-0.2, -0.15) is 0 Å². The van der Waals surface area contributed by atoms with Crippen LogP contribution in [0.3, 0.4) is 0 Å². The van der Waals surface area contributed by atoms with Crippen LogP contribution in [0.1, 0.15) is 42.5 Å². The molecule has 2 aliphatic rings. The van der Waals surface area contributed by atoms with Gasteiger partial charge < -0.3 is 14.7 Å². The second-order valence-electron chi connectivity index (χ2n) is 5.80. The molecule has 1 saturated carbocycles. The molecular weight excluding hydrogens is 254 g/mol. The zero-order valence-electron chi connectivity index (χ0n) is 11.8. The van der Waals surface area contributed by atoms with Crippen molar-refractivity contribution in [3.8, 4) is 5.75 Å². The van der Waals surface area contributed by atoms with Crippen molar-refractivity contribution in [1.82, 2.24) is 4.90 Å².